The summed E-state index contributed by atoms with van der Waals surface area (Å²) in [4.78, 5) is 0. The van der Waals surface area contributed by atoms with Crippen LogP contribution >= 0.6 is 0 Å². The van der Waals surface area contributed by atoms with Crippen molar-refractivity contribution in [3.8, 4) is 0 Å². The lowest BCUT2D eigenvalue weighted by atomic mass is 9.98. The molecular weight excluding hydrogens is 472 g/mol. The molecule has 0 amide bonds. The van der Waals surface area contributed by atoms with Gasteiger partial charge in [0.05, 0.1) is 19.8 Å². The summed E-state index contributed by atoms with van der Waals surface area (Å²) in [6, 6.07) is 0. The normalized spacial score (nSPS) is 52.1. The van der Waals surface area contributed by atoms with Gasteiger partial charge in [0.1, 0.15) is 73.8 Å². The first-order valence-corrected chi connectivity index (χ1v) is 10.6. The van der Waals surface area contributed by atoms with Gasteiger partial charge >= 0.3 is 0 Å². The van der Waals surface area contributed by atoms with Gasteiger partial charge in [0.25, 0.3) is 0 Å². The summed E-state index contributed by atoms with van der Waals surface area (Å²) in [7, 11) is 0. The van der Waals surface area contributed by atoms with E-state index in [-0.39, 0.29) is 0 Å². The Morgan fingerprint density at radius 3 is 1.65 bits per heavy atom. The third-order valence-electron chi connectivity index (χ3n) is 6.16. The Labute approximate surface area is 192 Å². The Hall–Kier alpha value is -0.640. The predicted molar refractivity (Wildman–Crippen MR) is 101 cm³/mol. The minimum Gasteiger partial charge on any atom is -0.394 e. The molecule has 0 aromatic heterocycles. The van der Waals surface area contributed by atoms with Crippen LogP contribution in [0.3, 0.4) is 0 Å². The first kappa shape index (κ1) is 27.9. The summed E-state index contributed by atoms with van der Waals surface area (Å²) < 4.78 is 26.4. The van der Waals surface area contributed by atoms with E-state index in [1.807, 2.05) is 0 Å². The number of ether oxygens (including phenoxy) is 5. The first-order chi connectivity index (χ1) is 16.0. The maximum absolute atomic E-state index is 10.3. The SMILES string of the molecule is OCC1O[C@@H](OCC2O[C@@H](O[C@]3(CO)O[C@H](CO)C(O)[C@@H]3O)C(O)[C@@H](O)[C@@H]2O)C(O)[C@@H](O)[C@H]1O. The highest BCUT2D eigenvalue weighted by molar-refractivity contribution is 4.98. The van der Waals surface area contributed by atoms with E-state index in [2.05, 4.69) is 0 Å². The molecule has 0 bridgehead atoms. The average Bonchev–Trinajstić information content (AvgIpc) is 3.08. The largest absolute Gasteiger partial charge is 0.394 e. The van der Waals surface area contributed by atoms with Crippen molar-refractivity contribution in [3.63, 3.8) is 0 Å². The van der Waals surface area contributed by atoms with Gasteiger partial charge in [0.2, 0.25) is 5.79 Å². The number of aliphatic hydroxyl groups is 11. The van der Waals surface area contributed by atoms with Crippen molar-refractivity contribution in [1.82, 2.24) is 0 Å². The molecule has 16 nitrogen and oxygen atoms in total. The first-order valence-electron chi connectivity index (χ1n) is 10.6. The van der Waals surface area contributed by atoms with Gasteiger partial charge < -0.3 is 79.9 Å². The van der Waals surface area contributed by atoms with E-state index in [9.17, 15) is 56.2 Å². The van der Waals surface area contributed by atoms with Crippen LogP contribution in [0.1, 0.15) is 0 Å². The topological polar surface area (TPSA) is 269 Å². The van der Waals surface area contributed by atoms with Gasteiger partial charge in [-0.15, -0.1) is 0 Å². The molecule has 3 saturated heterocycles. The van der Waals surface area contributed by atoms with Gasteiger partial charge in [-0.3, -0.25) is 0 Å². The van der Waals surface area contributed by atoms with Crippen molar-refractivity contribution in [2.75, 3.05) is 26.4 Å². The molecule has 16 heteroatoms. The van der Waals surface area contributed by atoms with Gasteiger partial charge in [0.15, 0.2) is 12.6 Å². The van der Waals surface area contributed by atoms with Crippen LogP contribution in [-0.4, -0.2) is 168 Å². The maximum atomic E-state index is 10.3. The van der Waals surface area contributed by atoms with Crippen molar-refractivity contribution < 1.29 is 79.9 Å². The van der Waals surface area contributed by atoms with Crippen molar-refractivity contribution >= 4 is 0 Å². The van der Waals surface area contributed by atoms with E-state index in [0.29, 0.717) is 0 Å². The zero-order valence-electron chi connectivity index (χ0n) is 17.8. The smallest absolute Gasteiger partial charge is 0.224 e. The van der Waals surface area contributed by atoms with E-state index >= 15 is 0 Å². The minimum absolute atomic E-state index is 0.634. The zero-order chi connectivity index (χ0) is 25.4. The van der Waals surface area contributed by atoms with Crippen LogP contribution in [0.15, 0.2) is 0 Å². The third-order valence-corrected chi connectivity index (χ3v) is 6.16. The van der Waals surface area contributed by atoms with Crippen LogP contribution in [0.4, 0.5) is 0 Å². The zero-order valence-corrected chi connectivity index (χ0v) is 17.8. The molecule has 34 heavy (non-hydrogen) atoms. The standard InChI is InChI=1S/C18H32O16/c19-1-5-8(22)11(25)13(27)16(31-5)30-3-7-9(23)12(26)14(28)17(32-7)34-18(4-21)15(29)10(24)6(2-20)33-18/h5-17,19-29H,1-4H2/t5?,6-,7?,8+,9-,10?,11+,12+,13?,14?,15+,16-,17+,18+/m1/s1. The van der Waals surface area contributed by atoms with E-state index in [0.717, 1.165) is 0 Å². The third kappa shape index (κ3) is 5.09. The quantitative estimate of drug-likeness (QED) is 0.146. The fraction of sp³-hybridized carbons (Fsp3) is 1.00. The highest BCUT2D eigenvalue weighted by Crippen LogP contribution is 2.36. The van der Waals surface area contributed by atoms with Gasteiger partial charge in [-0.05, 0) is 0 Å². The van der Waals surface area contributed by atoms with E-state index < -0.39 is 112 Å². The van der Waals surface area contributed by atoms with Crippen LogP contribution in [0.25, 0.3) is 0 Å². The second-order valence-electron chi connectivity index (χ2n) is 8.41. The second-order valence-corrected chi connectivity index (χ2v) is 8.41. The van der Waals surface area contributed by atoms with E-state index in [4.69, 9.17) is 23.7 Å². The molecule has 200 valence electrons. The van der Waals surface area contributed by atoms with Gasteiger partial charge in [0, 0.05) is 0 Å². The van der Waals surface area contributed by atoms with Crippen LogP contribution < -0.4 is 0 Å². The fourth-order valence-electron chi connectivity index (χ4n) is 4.01. The van der Waals surface area contributed by atoms with Crippen LogP contribution in [0, 0.1) is 0 Å². The number of hydrogen-bond donors (Lipinski definition) is 11. The summed E-state index contributed by atoms with van der Waals surface area (Å²) in [5.74, 6) is -2.36. The molecule has 0 spiro atoms. The number of hydrogen-bond acceptors (Lipinski definition) is 16. The minimum atomic E-state index is -2.36. The Balaban J connectivity index is 1.69. The highest BCUT2D eigenvalue weighted by atomic mass is 16.8. The van der Waals surface area contributed by atoms with E-state index in [1.54, 1.807) is 0 Å². The lowest BCUT2D eigenvalue weighted by Crippen LogP contribution is -2.63. The Morgan fingerprint density at radius 1 is 0.588 bits per heavy atom. The molecule has 3 aliphatic heterocycles. The van der Waals surface area contributed by atoms with Gasteiger partial charge in [-0.2, -0.15) is 0 Å². The number of rotatable bonds is 8. The van der Waals surface area contributed by atoms with Crippen molar-refractivity contribution in [3.05, 3.63) is 0 Å². The molecule has 0 saturated carbocycles. The molecule has 0 aromatic carbocycles. The molecule has 14 atom stereocenters. The molecule has 3 rings (SSSR count). The number of aliphatic hydroxyl groups excluding tert-OH is 11. The van der Waals surface area contributed by atoms with Crippen molar-refractivity contribution in [1.29, 1.82) is 0 Å². The summed E-state index contributed by atoms with van der Waals surface area (Å²) in [6.45, 7) is -3.14. The fourth-order valence-corrected chi connectivity index (χ4v) is 4.01. The molecule has 3 heterocycles. The van der Waals surface area contributed by atoms with Crippen molar-refractivity contribution in [2.45, 2.75) is 85.5 Å². The van der Waals surface area contributed by atoms with Crippen molar-refractivity contribution in [2.24, 2.45) is 0 Å². The molecule has 3 aliphatic rings. The molecule has 5 unspecified atom stereocenters. The predicted octanol–water partition coefficient (Wildman–Crippen LogP) is -7.57. The Bertz CT molecular complexity index is 653. The maximum Gasteiger partial charge on any atom is 0.224 e. The highest BCUT2D eigenvalue weighted by Gasteiger charge is 2.58. The molecular formula is C18H32O16. The summed E-state index contributed by atoms with van der Waals surface area (Å²) >= 11 is 0. The molecule has 11 N–H and O–H groups in total. The summed E-state index contributed by atoms with van der Waals surface area (Å²) in [5, 5.41) is 109. The lowest BCUT2D eigenvalue weighted by molar-refractivity contribution is -0.388. The second kappa shape index (κ2) is 11.2. The average molecular weight is 504 g/mol. The molecule has 3 fully saturated rings. The molecule has 0 radical (unpaired) electrons. The molecule has 0 aliphatic carbocycles. The molecule has 0 aromatic rings. The summed E-state index contributed by atoms with van der Waals surface area (Å²) in [6.07, 6.45) is -21.8. The van der Waals surface area contributed by atoms with E-state index in [1.165, 1.54) is 0 Å². The van der Waals surface area contributed by atoms with Gasteiger partial charge in [-0.1, -0.05) is 0 Å². The Kier molecular flexibility index (Phi) is 9.18. The summed E-state index contributed by atoms with van der Waals surface area (Å²) in [5.41, 5.74) is 0. The monoisotopic (exact) mass is 504 g/mol. The van der Waals surface area contributed by atoms with Crippen LogP contribution in [-0.2, 0) is 23.7 Å². The van der Waals surface area contributed by atoms with Crippen LogP contribution in [0.2, 0.25) is 0 Å². The Morgan fingerprint density at radius 2 is 1.12 bits per heavy atom. The lowest BCUT2D eigenvalue weighted by Gasteiger charge is -2.44. The van der Waals surface area contributed by atoms with Gasteiger partial charge in [-0.25, -0.2) is 0 Å². The van der Waals surface area contributed by atoms with Crippen LogP contribution in [0.5, 0.6) is 0 Å².